The largest absolute Gasteiger partial charge is 0.461 e. The lowest BCUT2D eigenvalue weighted by Crippen LogP contribution is -2.55. The summed E-state index contributed by atoms with van der Waals surface area (Å²) in [5, 5.41) is 11.4. The Labute approximate surface area is 156 Å². The monoisotopic (exact) mass is 363 g/mol. The topological polar surface area (TPSA) is 59.0 Å². The predicted octanol–water partition coefficient (Wildman–Crippen LogP) is 2.38. The number of aliphatic hydroxyl groups excluding tert-OH is 1. The van der Waals surface area contributed by atoms with Crippen molar-refractivity contribution in [1.82, 2.24) is 4.90 Å². The second kappa shape index (κ2) is 6.61. The average Bonchev–Trinajstić information content (AvgIpc) is 2.85. The maximum atomic E-state index is 12.7. The number of fused-ring (bicyclic) bond motifs is 2. The van der Waals surface area contributed by atoms with E-state index in [2.05, 4.69) is 38.7 Å². The minimum Gasteiger partial charge on any atom is -0.461 e. The normalized spacial score (nSPS) is 49.2. The van der Waals surface area contributed by atoms with Gasteiger partial charge in [0, 0.05) is 37.4 Å². The molecular formula is C21H33NO4. The van der Waals surface area contributed by atoms with E-state index in [1.165, 1.54) is 5.57 Å². The summed E-state index contributed by atoms with van der Waals surface area (Å²) in [4.78, 5) is 15.0. The van der Waals surface area contributed by atoms with Gasteiger partial charge in [0.15, 0.2) is 0 Å². The number of rotatable bonds is 2. The van der Waals surface area contributed by atoms with Gasteiger partial charge in [0.25, 0.3) is 0 Å². The molecule has 8 atom stereocenters. The minimum absolute atomic E-state index is 0.0985. The summed E-state index contributed by atoms with van der Waals surface area (Å²) < 4.78 is 11.6. The van der Waals surface area contributed by atoms with E-state index < -0.39 is 6.10 Å². The molecule has 0 amide bonds. The van der Waals surface area contributed by atoms with Gasteiger partial charge < -0.3 is 14.6 Å². The zero-order chi connectivity index (χ0) is 18.6. The highest BCUT2D eigenvalue weighted by molar-refractivity contribution is 5.76. The molecule has 1 N–H and O–H groups in total. The van der Waals surface area contributed by atoms with Gasteiger partial charge >= 0.3 is 5.97 Å². The van der Waals surface area contributed by atoms with Gasteiger partial charge in [-0.2, -0.15) is 0 Å². The molecule has 0 aromatic carbocycles. The molecule has 26 heavy (non-hydrogen) atoms. The third-order valence-electron chi connectivity index (χ3n) is 7.52. The van der Waals surface area contributed by atoms with Crippen LogP contribution in [-0.4, -0.2) is 60.0 Å². The van der Waals surface area contributed by atoms with E-state index in [4.69, 9.17) is 9.47 Å². The van der Waals surface area contributed by atoms with Crippen LogP contribution in [-0.2, 0) is 14.3 Å². The van der Waals surface area contributed by atoms with E-state index in [0.717, 1.165) is 32.4 Å². The zero-order valence-electron chi connectivity index (χ0n) is 16.5. The maximum absolute atomic E-state index is 12.7. The molecule has 5 heteroatoms. The van der Waals surface area contributed by atoms with Crippen molar-refractivity contribution >= 4 is 5.97 Å². The van der Waals surface area contributed by atoms with Crippen LogP contribution in [0.2, 0.25) is 0 Å². The van der Waals surface area contributed by atoms with Crippen LogP contribution in [0.4, 0.5) is 0 Å². The van der Waals surface area contributed by atoms with Gasteiger partial charge in [-0.05, 0) is 32.6 Å². The van der Waals surface area contributed by atoms with Crippen LogP contribution in [0.1, 0.15) is 47.0 Å². The number of aliphatic hydroxyl groups is 1. The number of carbonyl (C=O) groups is 1. The summed E-state index contributed by atoms with van der Waals surface area (Å²) in [6.45, 7) is 10.9. The Hall–Kier alpha value is -0.910. The average molecular weight is 363 g/mol. The molecule has 5 nitrogen and oxygen atoms in total. The number of hydrogen-bond acceptors (Lipinski definition) is 5. The fourth-order valence-corrected chi connectivity index (χ4v) is 5.99. The molecule has 2 saturated heterocycles. The Morgan fingerprint density at radius 2 is 1.96 bits per heavy atom. The van der Waals surface area contributed by atoms with E-state index in [1.54, 1.807) is 0 Å². The van der Waals surface area contributed by atoms with Crippen molar-refractivity contribution in [2.75, 3.05) is 19.6 Å². The predicted molar refractivity (Wildman–Crippen MR) is 98.5 cm³/mol. The molecule has 3 fully saturated rings. The highest BCUT2D eigenvalue weighted by Gasteiger charge is 2.59. The lowest BCUT2D eigenvalue weighted by molar-refractivity contribution is -0.145. The molecule has 146 valence electrons. The highest BCUT2D eigenvalue weighted by Crippen LogP contribution is 2.56. The first kappa shape index (κ1) is 18.5. The lowest BCUT2D eigenvalue weighted by atomic mass is 9.55. The molecule has 0 spiro atoms. The van der Waals surface area contributed by atoms with Crippen LogP contribution in [0, 0.1) is 23.2 Å². The Balaban J connectivity index is 1.57. The molecule has 2 aliphatic carbocycles. The number of nitrogens with zero attached hydrogens (tertiary/aromatic N) is 1. The van der Waals surface area contributed by atoms with E-state index in [1.807, 2.05) is 0 Å². The first-order valence-corrected chi connectivity index (χ1v) is 10.3. The fourth-order valence-electron chi connectivity index (χ4n) is 5.99. The summed E-state index contributed by atoms with van der Waals surface area (Å²) in [5.74, 6) is -0.0294. The first-order valence-electron chi connectivity index (χ1n) is 10.3. The molecule has 1 saturated carbocycles. The summed E-state index contributed by atoms with van der Waals surface area (Å²) in [6, 6.07) is 0. The summed E-state index contributed by atoms with van der Waals surface area (Å²) in [6.07, 6.45) is 4.91. The number of allylic oxidation sites excluding steroid dienone is 1. The maximum Gasteiger partial charge on any atom is 0.311 e. The molecule has 2 heterocycles. The molecule has 2 aliphatic heterocycles. The molecule has 4 aliphatic rings. The van der Waals surface area contributed by atoms with Gasteiger partial charge in [0.05, 0.1) is 24.2 Å². The Kier molecular flexibility index (Phi) is 4.69. The minimum atomic E-state index is -0.518. The molecule has 4 rings (SSSR count). The number of morpholine rings is 1. The van der Waals surface area contributed by atoms with Crippen molar-refractivity contribution in [1.29, 1.82) is 0 Å². The van der Waals surface area contributed by atoms with Crippen molar-refractivity contribution in [3.05, 3.63) is 11.6 Å². The van der Waals surface area contributed by atoms with Crippen molar-refractivity contribution in [2.24, 2.45) is 23.2 Å². The van der Waals surface area contributed by atoms with Gasteiger partial charge in [0.2, 0.25) is 0 Å². The number of carbonyl (C=O) groups excluding carboxylic acids is 1. The van der Waals surface area contributed by atoms with Crippen LogP contribution in [0.3, 0.4) is 0 Å². The quantitative estimate of drug-likeness (QED) is 0.603. The van der Waals surface area contributed by atoms with Crippen LogP contribution in [0.5, 0.6) is 0 Å². The second-order valence-corrected chi connectivity index (χ2v) is 9.27. The van der Waals surface area contributed by atoms with Crippen molar-refractivity contribution in [3.8, 4) is 0 Å². The molecule has 0 bridgehead atoms. The van der Waals surface area contributed by atoms with E-state index >= 15 is 0 Å². The van der Waals surface area contributed by atoms with Gasteiger partial charge in [-0.1, -0.05) is 25.5 Å². The van der Waals surface area contributed by atoms with Crippen LogP contribution >= 0.6 is 0 Å². The molecule has 0 aromatic rings. The Morgan fingerprint density at radius 1 is 1.27 bits per heavy atom. The smallest absolute Gasteiger partial charge is 0.311 e. The fraction of sp³-hybridized carbons (Fsp3) is 0.857. The summed E-state index contributed by atoms with van der Waals surface area (Å²) >= 11 is 0. The molecule has 0 radical (unpaired) electrons. The van der Waals surface area contributed by atoms with Crippen LogP contribution < -0.4 is 0 Å². The second-order valence-electron chi connectivity index (χ2n) is 9.27. The van der Waals surface area contributed by atoms with Gasteiger partial charge in [-0.25, -0.2) is 0 Å². The van der Waals surface area contributed by atoms with Gasteiger partial charge in [-0.3, -0.25) is 9.69 Å². The molecular weight excluding hydrogens is 330 g/mol. The van der Waals surface area contributed by atoms with E-state index in [0.29, 0.717) is 12.5 Å². The van der Waals surface area contributed by atoms with E-state index in [-0.39, 0.29) is 41.5 Å². The third kappa shape index (κ3) is 2.83. The summed E-state index contributed by atoms with van der Waals surface area (Å²) in [7, 11) is 0. The standard InChI is InChI=1S/C21H33NO4/c1-12-6-5-7-15-8-17-18(19(23)21(12,15)4)16(20(24)26-17)11-22-9-13(2)25-14(3)10-22/h7,12-14,16-19,23H,5-6,8-11H2,1-4H3/t12-,13-,14+,16-,17+,18+,19+,21+/m0/s1. The highest BCUT2D eigenvalue weighted by atomic mass is 16.6. The molecule has 0 unspecified atom stereocenters. The number of esters is 1. The first-order chi connectivity index (χ1) is 12.3. The number of ether oxygens (including phenoxy) is 2. The summed E-state index contributed by atoms with van der Waals surface area (Å²) in [5.41, 5.74) is 1.07. The lowest BCUT2D eigenvalue weighted by Gasteiger charge is -2.52. The Bertz CT molecular complexity index is 595. The SMILES string of the molecule is C[C@@H]1CN(C[C@@H]2C(=O)O[C@@H]3CC4=CCC[C@H](C)[C@@]4(C)[C@H](O)[C@H]23)C[C@H](C)O1. The molecule has 0 aromatic heterocycles. The third-order valence-corrected chi connectivity index (χ3v) is 7.52. The van der Waals surface area contributed by atoms with Crippen molar-refractivity contribution in [3.63, 3.8) is 0 Å². The zero-order valence-corrected chi connectivity index (χ0v) is 16.5. The van der Waals surface area contributed by atoms with Crippen LogP contribution in [0.15, 0.2) is 11.6 Å². The van der Waals surface area contributed by atoms with Gasteiger partial charge in [0.1, 0.15) is 6.10 Å². The van der Waals surface area contributed by atoms with Crippen molar-refractivity contribution in [2.45, 2.75) is 71.4 Å². The number of hydrogen-bond donors (Lipinski definition) is 1. The van der Waals surface area contributed by atoms with Crippen molar-refractivity contribution < 1.29 is 19.4 Å². The Morgan fingerprint density at radius 3 is 2.65 bits per heavy atom. The van der Waals surface area contributed by atoms with E-state index in [9.17, 15) is 9.90 Å². The van der Waals surface area contributed by atoms with Crippen LogP contribution in [0.25, 0.3) is 0 Å². The van der Waals surface area contributed by atoms with Gasteiger partial charge in [-0.15, -0.1) is 0 Å².